The third-order valence-corrected chi connectivity index (χ3v) is 3.08. The Labute approximate surface area is 139 Å². The summed E-state index contributed by atoms with van der Waals surface area (Å²) < 4.78 is 5.09. The number of carbonyl (C=O) groups is 2. The van der Waals surface area contributed by atoms with E-state index in [-0.39, 0.29) is 0 Å². The highest BCUT2D eigenvalue weighted by Gasteiger charge is 2.21. The van der Waals surface area contributed by atoms with Gasteiger partial charge in [-0.2, -0.15) is 0 Å². The first-order valence-corrected chi connectivity index (χ1v) is 7.48. The average molecular weight is 331 g/mol. The first kappa shape index (κ1) is 17.5. The molecule has 0 bridgehead atoms. The molecular formula is C16H21N5O3. The highest BCUT2D eigenvalue weighted by atomic mass is 16.6. The summed E-state index contributed by atoms with van der Waals surface area (Å²) in [6, 6.07) is 6.49. The number of anilines is 1. The van der Waals surface area contributed by atoms with Crippen molar-refractivity contribution in [1.29, 1.82) is 0 Å². The lowest BCUT2D eigenvalue weighted by Crippen LogP contribution is -2.41. The number of carbonyl (C=O) groups excluding carboxylic acids is 2. The van der Waals surface area contributed by atoms with E-state index in [1.54, 1.807) is 20.8 Å². The molecule has 2 aromatic rings. The van der Waals surface area contributed by atoms with Crippen LogP contribution in [0.3, 0.4) is 0 Å². The fourth-order valence-corrected chi connectivity index (χ4v) is 2.00. The summed E-state index contributed by atoms with van der Waals surface area (Å²) in [6.45, 7) is 6.71. The van der Waals surface area contributed by atoms with Crippen molar-refractivity contribution in [2.45, 2.75) is 39.3 Å². The summed E-state index contributed by atoms with van der Waals surface area (Å²) in [5, 5.41) is 11.5. The molecule has 0 spiro atoms. The second kappa shape index (κ2) is 6.69. The van der Waals surface area contributed by atoms with E-state index in [1.807, 2.05) is 24.3 Å². The van der Waals surface area contributed by atoms with Crippen LogP contribution in [0.4, 0.5) is 16.4 Å². The largest absolute Gasteiger partial charge is 0.444 e. The Balaban J connectivity index is 2.05. The SMILES string of the molecule is C[C@H](NC(=O)OC(C)(C)C)C(=O)N=Nc1[nH]c(N)c2ccccc12. The summed E-state index contributed by atoms with van der Waals surface area (Å²) in [7, 11) is 0. The number of alkyl carbamates (subject to hydrolysis) is 1. The topological polar surface area (TPSA) is 122 Å². The molecule has 1 heterocycles. The van der Waals surface area contributed by atoms with Crippen LogP contribution in [0.25, 0.3) is 10.8 Å². The average Bonchev–Trinajstić information content (AvgIpc) is 2.79. The third-order valence-electron chi connectivity index (χ3n) is 3.08. The highest BCUT2D eigenvalue weighted by Crippen LogP contribution is 2.30. The number of nitrogens with zero attached hydrogens (tertiary/aromatic N) is 2. The number of H-pyrrole nitrogens is 1. The van der Waals surface area contributed by atoms with Crippen LogP contribution >= 0.6 is 0 Å². The molecule has 0 aliphatic heterocycles. The van der Waals surface area contributed by atoms with E-state index in [4.69, 9.17) is 10.5 Å². The monoisotopic (exact) mass is 331 g/mol. The predicted molar refractivity (Wildman–Crippen MR) is 91.1 cm³/mol. The van der Waals surface area contributed by atoms with Gasteiger partial charge in [0.15, 0.2) is 5.82 Å². The van der Waals surface area contributed by atoms with Gasteiger partial charge in [-0.3, -0.25) is 4.79 Å². The van der Waals surface area contributed by atoms with Crippen LogP contribution in [0.2, 0.25) is 0 Å². The number of amides is 2. The fraction of sp³-hybridized carbons (Fsp3) is 0.375. The van der Waals surface area contributed by atoms with Crippen LogP contribution in [0.5, 0.6) is 0 Å². The van der Waals surface area contributed by atoms with E-state index in [1.165, 1.54) is 6.92 Å². The van der Waals surface area contributed by atoms with Crippen molar-refractivity contribution in [2.24, 2.45) is 10.2 Å². The molecule has 4 N–H and O–H groups in total. The molecule has 0 unspecified atom stereocenters. The number of ether oxygens (including phenoxy) is 1. The molecule has 1 aromatic heterocycles. The minimum Gasteiger partial charge on any atom is -0.444 e. The van der Waals surface area contributed by atoms with E-state index < -0.39 is 23.6 Å². The van der Waals surface area contributed by atoms with Gasteiger partial charge in [-0.15, -0.1) is 10.2 Å². The molecule has 2 amide bonds. The molecule has 1 atom stereocenters. The molecule has 8 nitrogen and oxygen atoms in total. The summed E-state index contributed by atoms with van der Waals surface area (Å²) in [5.41, 5.74) is 5.21. The van der Waals surface area contributed by atoms with Crippen molar-refractivity contribution in [1.82, 2.24) is 10.3 Å². The Hall–Kier alpha value is -2.90. The zero-order valence-electron chi connectivity index (χ0n) is 14.1. The standard InChI is InChI=1S/C16H21N5O3/c1-9(18-15(23)24-16(2,3)4)14(22)21-20-13-11-8-6-5-7-10(11)12(17)19-13/h5-9,19H,17H2,1-4H3,(H,18,23)/t9-/m0/s1. The lowest BCUT2D eigenvalue weighted by Gasteiger charge is -2.20. The van der Waals surface area contributed by atoms with Gasteiger partial charge in [0.25, 0.3) is 5.91 Å². The van der Waals surface area contributed by atoms with Crippen LogP contribution < -0.4 is 11.1 Å². The van der Waals surface area contributed by atoms with Crippen LogP contribution in [-0.4, -0.2) is 28.6 Å². The lowest BCUT2D eigenvalue weighted by molar-refractivity contribution is -0.119. The van der Waals surface area contributed by atoms with Gasteiger partial charge in [0.05, 0.1) is 0 Å². The van der Waals surface area contributed by atoms with Gasteiger partial charge >= 0.3 is 6.09 Å². The van der Waals surface area contributed by atoms with E-state index in [0.29, 0.717) is 11.6 Å². The van der Waals surface area contributed by atoms with Gasteiger partial charge in [0, 0.05) is 10.8 Å². The smallest absolute Gasteiger partial charge is 0.408 e. The quantitative estimate of drug-likeness (QED) is 0.747. The van der Waals surface area contributed by atoms with Crippen LogP contribution in [0.15, 0.2) is 34.5 Å². The molecule has 0 radical (unpaired) electrons. The molecule has 1 aromatic carbocycles. The Kier molecular flexibility index (Phi) is 4.87. The van der Waals surface area contributed by atoms with E-state index >= 15 is 0 Å². The third kappa shape index (κ3) is 4.31. The second-order valence-electron chi connectivity index (χ2n) is 6.34. The van der Waals surface area contributed by atoms with Crippen molar-refractivity contribution in [2.75, 3.05) is 5.73 Å². The number of nitrogens with two attached hydrogens (primary N) is 1. The van der Waals surface area contributed by atoms with Gasteiger partial charge in [-0.05, 0) is 27.7 Å². The number of azo groups is 1. The summed E-state index contributed by atoms with van der Waals surface area (Å²) in [5.74, 6) is 0.242. The molecule has 0 fully saturated rings. The molecule has 2 rings (SSSR count). The molecule has 128 valence electrons. The van der Waals surface area contributed by atoms with E-state index in [2.05, 4.69) is 20.5 Å². The Morgan fingerprint density at radius 1 is 1.25 bits per heavy atom. The summed E-state index contributed by atoms with van der Waals surface area (Å²) in [4.78, 5) is 26.5. The normalized spacial score (nSPS) is 13.2. The number of rotatable bonds is 3. The van der Waals surface area contributed by atoms with Crippen LogP contribution in [-0.2, 0) is 9.53 Å². The Bertz CT molecular complexity index is 789. The van der Waals surface area contributed by atoms with Gasteiger partial charge in [0.2, 0.25) is 0 Å². The Morgan fingerprint density at radius 3 is 2.50 bits per heavy atom. The molecule has 0 aliphatic carbocycles. The van der Waals surface area contributed by atoms with Crippen molar-refractivity contribution >= 4 is 34.4 Å². The highest BCUT2D eigenvalue weighted by molar-refractivity contribution is 5.99. The van der Waals surface area contributed by atoms with Crippen molar-refractivity contribution in [3.8, 4) is 0 Å². The minimum absolute atomic E-state index is 0.390. The number of hydrogen-bond acceptors (Lipinski definition) is 5. The number of aromatic nitrogens is 1. The minimum atomic E-state index is -0.859. The van der Waals surface area contributed by atoms with Crippen molar-refractivity contribution in [3.63, 3.8) is 0 Å². The fourth-order valence-electron chi connectivity index (χ4n) is 2.00. The molecule has 8 heteroatoms. The number of aromatic amines is 1. The number of hydrogen-bond donors (Lipinski definition) is 3. The lowest BCUT2D eigenvalue weighted by atomic mass is 10.2. The van der Waals surface area contributed by atoms with E-state index in [9.17, 15) is 9.59 Å². The first-order chi connectivity index (χ1) is 11.2. The summed E-state index contributed by atoms with van der Waals surface area (Å²) in [6.07, 6.45) is -0.687. The molecular weight excluding hydrogens is 310 g/mol. The van der Waals surface area contributed by atoms with Gasteiger partial charge in [-0.1, -0.05) is 24.3 Å². The van der Waals surface area contributed by atoms with Gasteiger partial charge in [-0.25, -0.2) is 4.79 Å². The molecule has 0 saturated carbocycles. The number of benzene rings is 1. The molecule has 24 heavy (non-hydrogen) atoms. The first-order valence-electron chi connectivity index (χ1n) is 7.48. The maximum atomic E-state index is 12.0. The number of nitrogen functional groups attached to an aromatic ring is 1. The molecule has 0 saturated heterocycles. The number of nitrogens with one attached hydrogen (secondary N) is 2. The zero-order chi connectivity index (χ0) is 17.9. The van der Waals surface area contributed by atoms with Crippen LogP contribution in [0, 0.1) is 0 Å². The number of fused-ring (bicyclic) bond motifs is 1. The van der Waals surface area contributed by atoms with Gasteiger partial charge in [0.1, 0.15) is 17.5 Å². The maximum Gasteiger partial charge on any atom is 0.408 e. The molecule has 0 aliphatic rings. The zero-order valence-corrected chi connectivity index (χ0v) is 14.1. The van der Waals surface area contributed by atoms with Crippen molar-refractivity contribution in [3.05, 3.63) is 24.3 Å². The second-order valence-corrected chi connectivity index (χ2v) is 6.34. The predicted octanol–water partition coefficient (Wildman–Crippen LogP) is 3.27. The van der Waals surface area contributed by atoms with Crippen molar-refractivity contribution < 1.29 is 14.3 Å². The van der Waals surface area contributed by atoms with Crippen LogP contribution in [0.1, 0.15) is 27.7 Å². The Morgan fingerprint density at radius 2 is 1.88 bits per heavy atom. The van der Waals surface area contributed by atoms with E-state index in [0.717, 1.165) is 10.8 Å². The van der Waals surface area contributed by atoms with Gasteiger partial charge < -0.3 is 20.8 Å². The maximum absolute atomic E-state index is 12.0. The summed E-state index contributed by atoms with van der Waals surface area (Å²) >= 11 is 0.